The summed E-state index contributed by atoms with van der Waals surface area (Å²) in [5.41, 5.74) is 3.28. The first kappa shape index (κ1) is 34.1. The molecule has 0 atom stereocenters. The zero-order valence-electron chi connectivity index (χ0n) is 25.4. The van der Waals surface area contributed by atoms with E-state index in [4.69, 9.17) is 9.47 Å². The number of aldehydes is 2. The van der Waals surface area contributed by atoms with Crippen molar-refractivity contribution >= 4 is 30.1 Å². The average Bonchev–Trinajstić information content (AvgIpc) is 2.99. The van der Waals surface area contributed by atoms with E-state index in [9.17, 15) is 19.2 Å². The van der Waals surface area contributed by atoms with Crippen molar-refractivity contribution in [2.75, 3.05) is 13.2 Å². The van der Waals surface area contributed by atoms with Crippen LogP contribution in [0.5, 0.6) is 0 Å². The van der Waals surface area contributed by atoms with E-state index in [1.54, 1.807) is 39.0 Å². The molecular weight excluding hydrogens is 528 g/mol. The number of carbonyl (C=O) groups is 4. The summed E-state index contributed by atoms with van der Waals surface area (Å²) in [4.78, 5) is 48.6. The zero-order valence-corrected chi connectivity index (χ0v) is 25.4. The van der Waals surface area contributed by atoms with Gasteiger partial charge in [-0.25, -0.2) is 4.79 Å². The van der Waals surface area contributed by atoms with E-state index in [2.05, 4.69) is 13.5 Å². The lowest BCUT2D eigenvalue weighted by atomic mass is 9.87. The second-order valence-corrected chi connectivity index (χ2v) is 11.0. The van der Waals surface area contributed by atoms with Crippen molar-refractivity contribution < 1.29 is 28.7 Å². The van der Waals surface area contributed by atoms with Gasteiger partial charge in [0, 0.05) is 5.56 Å². The van der Waals surface area contributed by atoms with Gasteiger partial charge in [0.25, 0.3) is 0 Å². The highest BCUT2D eigenvalue weighted by molar-refractivity contribution is 5.94. The Morgan fingerprint density at radius 2 is 1.55 bits per heavy atom. The second kappa shape index (κ2) is 17.7. The second-order valence-electron chi connectivity index (χ2n) is 11.0. The highest BCUT2D eigenvalue weighted by atomic mass is 16.5. The molecule has 0 aromatic heterocycles. The van der Waals surface area contributed by atoms with Gasteiger partial charge in [-0.05, 0) is 98.6 Å². The van der Waals surface area contributed by atoms with Crippen molar-refractivity contribution in [3.63, 3.8) is 0 Å². The smallest absolute Gasteiger partial charge is 0.338 e. The highest BCUT2D eigenvalue weighted by Gasteiger charge is 2.27. The maximum Gasteiger partial charge on any atom is 0.338 e. The molecule has 0 saturated carbocycles. The Balaban J connectivity index is 2.32. The minimum Gasteiger partial charge on any atom is -0.465 e. The van der Waals surface area contributed by atoms with Crippen LogP contribution in [0.3, 0.4) is 0 Å². The normalized spacial score (nSPS) is 12.0. The fourth-order valence-electron chi connectivity index (χ4n) is 4.31. The number of carbonyl (C=O) groups excluding carboxylic acids is 4. The van der Waals surface area contributed by atoms with Crippen molar-refractivity contribution in [3.8, 4) is 11.1 Å². The Morgan fingerprint density at radius 3 is 2.19 bits per heavy atom. The van der Waals surface area contributed by atoms with Gasteiger partial charge in [-0.15, -0.1) is 6.58 Å². The molecule has 224 valence electrons. The molecule has 0 N–H and O–H groups in total. The van der Waals surface area contributed by atoms with Gasteiger partial charge >= 0.3 is 11.9 Å². The first-order valence-corrected chi connectivity index (χ1v) is 14.7. The van der Waals surface area contributed by atoms with E-state index < -0.39 is 11.4 Å². The summed E-state index contributed by atoms with van der Waals surface area (Å²) in [7, 11) is 0. The quantitative estimate of drug-likeness (QED) is 0.0445. The van der Waals surface area contributed by atoms with Gasteiger partial charge in [-0.3, -0.25) is 14.4 Å². The standard InChI is InChI=1S/C36H44O6/c1-6-8-10-12-18-41-34(39)32-22-28(26-38)21-31(23-32)29-14-16-30(17-15-29)33(20-27(3)25-37)24-36(4,5)35(40)42-19-13-11-9-7-2/h7,14-17,20-26H,2,6,8-13,18-19H2,1,3-5H3/b27-20+,33-24+. The van der Waals surface area contributed by atoms with E-state index in [-0.39, 0.29) is 5.97 Å². The Kier molecular flexibility index (Phi) is 14.4. The minimum atomic E-state index is -0.934. The monoisotopic (exact) mass is 572 g/mol. The first-order valence-electron chi connectivity index (χ1n) is 14.7. The molecule has 0 fully saturated rings. The molecule has 2 rings (SSSR count). The number of hydrogen-bond acceptors (Lipinski definition) is 6. The third-order valence-corrected chi connectivity index (χ3v) is 6.76. The molecule has 2 aromatic carbocycles. The predicted molar refractivity (Wildman–Crippen MR) is 168 cm³/mol. The lowest BCUT2D eigenvalue weighted by molar-refractivity contribution is -0.151. The number of hydrogen-bond donors (Lipinski definition) is 0. The van der Waals surface area contributed by atoms with E-state index in [1.807, 2.05) is 36.4 Å². The van der Waals surface area contributed by atoms with Gasteiger partial charge in [0.2, 0.25) is 0 Å². The van der Waals surface area contributed by atoms with Crippen LogP contribution in [0.1, 0.15) is 98.9 Å². The van der Waals surface area contributed by atoms with Crippen molar-refractivity contribution in [1.29, 1.82) is 0 Å². The largest absolute Gasteiger partial charge is 0.465 e. The van der Waals surface area contributed by atoms with Gasteiger partial charge in [-0.1, -0.05) is 62.6 Å². The van der Waals surface area contributed by atoms with Crippen LogP contribution in [-0.4, -0.2) is 37.7 Å². The molecule has 0 saturated heterocycles. The number of rotatable bonds is 18. The molecule has 42 heavy (non-hydrogen) atoms. The summed E-state index contributed by atoms with van der Waals surface area (Å²) in [6, 6.07) is 12.5. The minimum absolute atomic E-state index is 0.323. The molecule has 0 aliphatic carbocycles. The highest BCUT2D eigenvalue weighted by Crippen LogP contribution is 2.30. The zero-order chi connectivity index (χ0) is 31.0. The van der Waals surface area contributed by atoms with Crippen LogP contribution in [0.25, 0.3) is 16.7 Å². The molecule has 6 heteroatoms. The third-order valence-electron chi connectivity index (χ3n) is 6.76. The summed E-state index contributed by atoms with van der Waals surface area (Å²) >= 11 is 0. The molecular formula is C36H44O6. The van der Waals surface area contributed by atoms with Crippen LogP contribution >= 0.6 is 0 Å². The Labute approximate surface area is 250 Å². The van der Waals surface area contributed by atoms with E-state index in [1.165, 1.54) is 6.07 Å². The summed E-state index contributed by atoms with van der Waals surface area (Å²) in [5, 5.41) is 0. The van der Waals surface area contributed by atoms with Gasteiger partial charge in [0.1, 0.15) is 12.6 Å². The van der Waals surface area contributed by atoms with Crippen LogP contribution in [-0.2, 0) is 19.1 Å². The maximum absolute atomic E-state index is 12.9. The summed E-state index contributed by atoms with van der Waals surface area (Å²) in [5.74, 6) is -0.801. The Bertz CT molecular complexity index is 1280. The maximum atomic E-state index is 12.9. The van der Waals surface area contributed by atoms with E-state index >= 15 is 0 Å². The molecule has 0 spiro atoms. The van der Waals surface area contributed by atoms with Crippen molar-refractivity contribution in [2.24, 2.45) is 5.41 Å². The van der Waals surface area contributed by atoms with Crippen LogP contribution in [0, 0.1) is 5.41 Å². The molecule has 0 aliphatic rings. The fraction of sp³-hybridized carbons (Fsp3) is 0.389. The van der Waals surface area contributed by atoms with Crippen molar-refractivity contribution in [2.45, 2.75) is 72.6 Å². The molecule has 0 aliphatic heterocycles. The molecule has 0 amide bonds. The number of esters is 2. The van der Waals surface area contributed by atoms with E-state index in [0.717, 1.165) is 62.4 Å². The number of allylic oxidation sites excluding steroid dienone is 4. The van der Waals surface area contributed by atoms with Gasteiger partial charge in [-0.2, -0.15) is 0 Å². The lowest BCUT2D eigenvalue weighted by Gasteiger charge is -2.20. The molecule has 2 aromatic rings. The molecule has 6 nitrogen and oxygen atoms in total. The Morgan fingerprint density at radius 1 is 0.857 bits per heavy atom. The van der Waals surface area contributed by atoms with Gasteiger partial charge in [0.15, 0.2) is 0 Å². The fourth-order valence-corrected chi connectivity index (χ4v) is 4.31. The van der Waals surface area contributed by atoms with Gasteiger partial charge in [0.05, 0.1) is 24.2 Å². The molecule has 0 bridgehead atoms. The first-order chi connectivity index (χ1) is 20.1. The van der Waals surface area contributed by atoms with E-state index in [0.29, 0.717) is 47.3 Å². The molecule has 0 radical (unpaired) electrons. The Hall–Kier alpha value is -4.06. The van der Waals surface area contributed by atoms with Crippen LogP contribution < -0.4 is 0 Å². The van der Waals surface area contributed by atoms with Crippen LogP contribution in [0.15, 0.2) is 72.8 Å². The molecule has 0 unspecified atom stereocenters. The summed E-state index contributed by atoms with van der Waals surface area (Å²) < 4.78 is 10.9. The van der Waals surface area contributed by atoms with Crippen LogP contribution in [0.2, 0.25) is 0 Å². The summed E-state index contributed by atoms with van der Waals surface area (Å²) in [6.07, 6.45) is 13.4. The lowest BCUT2D eigenvalue weighted by Crippen LogP contribution is -2.25. The topological polar surface area (TPSA) is 86.7 Å². The third kappa shape index (κ3) is 11.1. The van der Waals surface area contributed by atoms with Crippen molar-refractivity contribution in [1.82, 2.24) is 0 Å². The average molecular weight is 573 g/mol. The number of unbranched alkanes of at least 4 members (excludes halogenated alkanes) is 5. The SMILES string of the molecule is C=CCCCCOC(=O)C(C)(C)/C=C(\C=C(/C)C=O)c1ccc(-c2cc(C=O)cc(C(=O)OCCCCCC)c2)cc1. The number of benzene rings is 2. The number of ether oxygens (including phenoxy) is 2. The van der Waals surface area contributed by atoms with Crippen LogP contribution in [0.4, 0.5) is 0 Å². The van der Waals surface area contributed by atoms with Crippen molar-refractivity contribution in [3.05, 3.63) is 89.5 Å². The van der Waals surface area contributed by atoms with Gasteiger partial charge < -0.3 is 9.47 Å². The summed E-state index contributed by atoms with van der Waals surface area (Å²) in [6.45, 7) is 11.8. The predicted octanol–water partition coefficient (Wildman–Crippen LogP) is 8.36. The molecule has 0 heterocycles.